The summed E-state index contributed by atoms with van der Waals surface area (Å²) in [5, 5.41) is 0. The van der Waals surface area contributed by atoms with E-state index in [1.165, 1.54) is 55.4 Å². The summed E-state index contributed by atoms with van der Waals surface area (Å²) in [6.45, 7) is 3.41. The first-order valence-corrected chi connectivity index (χ1v) is 13.7. The van der Waals surface area contributed by atoms with Crippen LogP contribution in [0.5, 0.6) is 0 Å². The molecular weight excluding hydrogens is 472 g/mol. The lowest BCUT2D eigenvalue weighted by atomic mass is 10.1. The fraction of sp³-hybridized carbons (Fsp3) is 0.448. The summed E-state index contributed by atoms with van der Waals surface area (Å²) < 4.78 is 0. The van der Waals surface area contributed by atoms with E-state index < -0.39 is 6.04 Å². The van der Waals surface area contributed by atoms with Crippen molar-refractivity contribution >= 4 is 36.5 Å². The molecule has 36 heavy (non-hydrogen) atoms. The average molecular weight is 509 g/mol. The molecule has 1 unspecified atom stereocenters. The molecule has 2 aromatic rings. The van der Waals surface area contributed by atoms with Gasteiger partial charge in [-0.25, -0.2) is 0 Å². The molecule has 3 rings (SSSR count). The molecule has 0 radical (unpaired) electrons. The highest BCUT2D eigenvalue weighted by Crippen LogP contribution is 2.28. The van der Waals surface area contributed by atoms with Gasteiger partial charge in [0.05, 0.1) is 11.6 Å². The number of amides is 1. The van der Waals surface area contributed by atoms with Crippen LogP contribution < -0.4 is 0 Å². The standard InChI is InChI=1S/C29H36N2O4S/c1-30(26(22-34)10-6-18-32)29(35)28-25(21-33)9-5-11-27(28)36-19-7-8-23-12-14-24(15-13-23)20-31-16-3-2-4-17-31/h5,9,11-15,18,21-22,26H,2-4,6-8,10,16-17,19-20H2,1H3. The minimum absolute atomic E-state index is 0.192. The molecule has 1 saturated heterocycles. The van der Waals surface area contributed by atoms with E-state index in [4.69, 9.17) is 0 Å². The number of likely N-dealkylation sites (N-methyl/N-ethyl adjacent to an activating group) is 1. The van der Waals surface area contributed by atoms with Gasteiger partial charge in [-0.05, 0) is 68.1 Å². The minimum Gasteiger partial charge on any atom is -0.332 e. The number of aldehydes is 3. The summed E-state index contributed by atoms with van der Waals surface area (Å²) in [6.07, 6.45) is 8.35. The van der Waals surface area contributed by atoms with E-state index in [1.54, 1.807) is 23.9 Å². The lowest BCUT2D eigenvalue weighted by Gasteiger charge is -2.26. The van der Waals surface area contributed by atoms with Gasteiger partial charge in [0.1, 0.15) is 12.6 Å². The van der Waals surface area contributed by atoms with E-state index >= 15 is 0 Å². The Morgan fingerprint density at radius 1 is 1.03 bits per heavy atom. The number of likely N-dealkylation sites (tertiary alicyclic amines) is 1. The van der Waals surface area contributed by atoms with Crippen LogP contribution in [-0.2, 0) is 22.6 Å². The lowest BCUT2D eigenvalue weighted by molar-refractivity contribution is -0.112. The molecular formula is C29H36N2O4S. The van der Waals surface area contributed by atoms with Crippen LogP contribution in [-0.4, -0.2) is 66.5 Å². The molecule has 2 aromatic carbocycles. The molecule has 0 aliphatic carbocycles. The van der Waals surface area contributed by atoms with Crippen LogP contribution in [0.1, 0.15) is 70.4 Å². The van der Waals surface area contributed by atoms with E-state index in [0.29, 0.717) is 23.7 Å². The molecule has 0 spiro atoms. The van der Waals surface area contributed by atoms with Gasteiger partial charge in [-0.1, -0.05) is 42.8 Å². The molecule has 6 nitrogen and oxygen atoms in total. The zero-order valence-corrected chi connectivity index (χ0v) is 21.9. The van der Waals surface area contributed by atoms with Gasteiger partial charge in [-0.3, -0.25) is 14.5 Å². The van der Waals surface area contributed by atoms with Crippen molar-refractivity contribution in [1.82, 2.24) is 9.80 Å². The van der Waals surface area contributed by atoms with Crippen molar-refractivity contribution in [3.05, 3.63) is 64.7 Å². The third-order valence-electron chi connectivity index (χ3n) is 6.70. The van der Waals surface area contributed by atoms with Crippen molar-refractivity contribution in [1.29, 1.82) is 0 Å². The summed E-state index contributed by atoms with van der Waals surface area (Å²) in [6, 6.07) is 13.4. The Bertz CT molecular complexity index is 1020. The first-order chi connectivity index (χ1) is 17.6. The second-order valence-electron chi connectivity index (χ2n) is 9.31. The zero-order valence-electron chi connectivity index (χ0n) is 21.1. The second-order valence-corrected chi connectivity index (χ2v) is 10.4. The quantitative estimate of drug-likeness (QED) is 0.207. The van der Waals surface area contributed by atoms with Crippen LogP contribution in [0.4, 0.5) is 0 Å². The lowest BCUT2D eigenvalue weighted by Crippen LogP contribution is -2.39. The summed E-state index contributed by atoms with van der Waals surface area (Å²) in [7, 11) is 1.54. The van der Waals surface area contributed by atoms with E-state index in [9.17, 15) is 19.2 Å². The predicted octanol–water partition coefficient (Wildman–Crippen LogP) is 4.83. The number of hydrogen-bond donors (Lipinski definition) is 0. The van der Waals surface area contributed by atoms with Crippen molar-refractivity contribution in [2.45, 2.75) is 62.4 Å². The van der Waals surface area contributed by atoms with Crippen LogP contribution >= 0.6 is 11.8 Å². The van der Waals surface area contributed by atoms with Crippen molar-refractivity contribution in [2.24, 2.45) is 0 Å². The number of hydrogen-bond acceptors (Lipinski definition) is 6. The molecule has 1 aliphatic heterocycles. The molecule has 1 heterocycles. The van der Waals surface area contributed by atoms with Gasteiger partial charge in [-0.2, -0.15) is 0 Å². The third kappa shape index (κ3) is 7.87. The summed E-state index contributed by atoms with van der Waals surface area (Å²) >= 11 is 1.55. The predicted molar refractivity (Wildman–Crippen MR) is 144 cm³/mol. The van der Waals surface area contributed by atoms with E-state index in [0.717, 1.165) is 36.3 Å². The number of thioether (sulfide) groups is 1. The van der Waals surface area contributed by atoms with E-state index in [2.05, 4.69) is 29.2 Å². The maximum Gasteiger partial charge on any atom is 0.256 e. The Morgan fingerprint density at radius 2 is 1.75 bits per heavy atom. The Kier molecular flexibility index (Phi) is 11.4. The monoisotopic (exact) mass is 508 g/mol. The first-order valence-electron chi connectivity index (χ1n) is 12.7. The normalized spacial score (nSPS) is 14.7. The SMILES string of the molecule is CN(C(=O)c1c(C=O)cccc1SCCCc1ccc(CN2CCCCC2)cc1)C(C=O)CCC=O. The average Bonchev–Trinajstić information content (AvgIpc) is 2.92. The van der Waals surface area contributed by atoms with Crippen LogP contribution in [0.2, 0.25) is 0 Å². The molecule has 192 valence electrons. The minimum atomic E-state index is -0.710. The van der Waals surface area contributed by atoms with Gasteiger partial charge < -0.3 is 14.5 Å². The van der Waals surface area contributed by atoms with Crippen LogP contribution in [0, 0.1) is 0 Å². The number of rotatable bonds is 14. The molecule has 0 aromatic heterocycles. The van der Waals surface area contributed by atoms with Crippen molar-refractivity contribution in [3.8, 4) is 0 Å². The maximum atomic E-state index is 13.2. The smallest absolute Gasteiger partial charge is 0.256 e. The molecule has 7 heteroatoms. The van der Waals surface area contributed by atoms with Gasteiger partial charge in [0.25, 0.3) is 5.91 Å². The number of benzene rings is 2. The Morgan fingerprint density at radius 3 is 2.42 bits per heavy atom. The van der Waals surface area contributed by atoms with Gasteiger partial charge in [0.15, 0.2) is 6.29 Å². The topological polar surface area (TPSA) is 74.8 Å². The van der Waals surface area contributed by atoms with Crippen molar-refractivity contribution in [2.75, 3.05) is 25.9 Å². The van der Waals surface area contributed by atoms with Gasteiger partial charge in [0.2, 0.25) is 0 Å². The zero-order chi connectivity index (χ0) is 25.8. The summed E-state index contributed by atoms with van der Waals surface area (Å²) in [4.78, 5) is 51.7. The fourth-order valence-electron chi connectivity index (χ4n) is 4.56. The van der Waals surface area contributed by atoms with Crippen LogP contribution in [0.3, 0.4) is 0 Å². The second kappa shape index (κ2) is 14.7. The largest absolute Gasteiger partial charge is 0.332 e. The number of carbonyl (C=O) groups excluding carboxylic acids is 4. The highest BCUT2D eigenvalue weighted by molar-refractivity contribution is 7.99. The van der Waals surface area contributed by atoms with Gasteiger partial charge >= 0.3 is 0 Å². The number of nitrogens with zero attached hydrogens (tertiary/aromatic N) is 2. The molecule has 1 fully saturated rings. The van der Waals surface area contributed by atoms with E-state index in [1.807, 2.05) is 6.07 Å². The van der Waals surface area contributed by atoms with E-state index in [-0.39, 0.29) is 18.7 Å². The molecule has 1 atom stereocenters. The van der Waals surface area contributed by atoms with Crippen molar-refractivity contribution in [3.63, 3.8) is 0 Å². The fourth-order valence-corrected chi connectivity index (χ4v) is 5.59. The number of aryl methyl sites for hydroxylation is 1. The third-order valence-corrected chi connectivity index (χ3v) is 7.84. The molecule has 1 aliphatic rings. The summed E-state index contributed by atoms with van der Waals surface area (Å²) in [5.41, 5.74) is 3.27. The number of piperidine rings is 1. The van der Waals surface area contributed by atoms with Crippen LogP contribution in [0.25, 0.3) is 0 Å². The van der Waals surface area contributed by atoms with Gasteiger partial charge in [-0.15, -0.1) is 11.8 Å². The van der Waals surface area contributed by atoms with Crippen molar-refractivity contribution < 1.29 is 19.2 Å². The summed E-state index contributed by atoms with van der Waals surface area (Å²) in [5.74, 6) is 0.414. The Labute approximate surface area is 218 Å². The maximum absolute atomic E-state index is 13.2. The Hall–Kier alpha value is -2.77. The Balaban J connectivity index is 1.57. The molecule has 0 saturated carbocycles. The molecule has 0 bridgehead atoms. The highest BCUT2D eigenvalue weighted by Gasteiger charge is 2.25. The molecule has 0 N–H and O–H groups in total. The molecule has 1 amide bonds. The highest BCUT2D eigenvalue weighted by atomic mass is 32.2. The first kappa shape index (κ1) is 27.8. The van der Waals surface area contributed by atoms with Gasteiger partial charge in [0, 0.05) is 30.5 Å². The van der Waals surface area contributed by atoms with Crippen LogP contribution in [0.15, 0.2) is 47.4 Å². The number of carbonyl (C=O) groups is 4.